The minimum Gasteiger partial charge on any atom is -0.469 e. The molecule has 2 amide bonds. The molecule has 1 aromatic heterocycles. The summed E-state index contributed by atoms with van der Waals surface area (Å²) in [7, 11) is -1.33. The van der Waals surface area contributed by atoms with E-state index in [9.17, 15) is 13.2 Å². The zero-order valence-corrected chi connectivity index (χ0v) is 12.6. The molecular formula is C13H20N2O4S. The van der Waals surface area contributed by atoms with Gasteiger partial charge >= 0.3 is 6.03 Å². The molecule has 0 bridgehead atoms. The molecule has 7 heteroatoms. The fraction of sp³-hybridized carbons (Fsp3) is 0.615. The smallest absolute Gasteiger partial charge is 0.317 e. The Morgan fingerprint density at radius 2 is 2.30 bits per heavy atom. The quantitative estimate of drug-likeness (QED) is 0.912. The van der Waals surface area contributed by atoms with Gasteiger partial charge in [0.15, 0.2) is 9.84 Å². The summed E-state index contributed by atoms with van der Waals surface area (Å²) < 4.78 is 28.3. The number of hydrogen-bond donors (Lipinski definition) is 1. The van der Waals surface area contributed by atoms with E-state index in [4.69, 9.17) is 4.42 Å². The highest BCUT2D eigenvalue weighted by Crippen LogP contribution is 2.14. The lowest BCUT2D eigenvalue weighted by molar-refractivity contribution is 0.202. The summed E-state index contributed by atoms with van der Waals surface area (Å²) in [6.45, 7) is 2.28. The molecule has 0 aliphatic carbocycles. The largest absolute Gasteiger partial charge is 0.469 e. The number of furan rings is 1. The number of nitrogens with zero attached hydrogens (tertiary/aromatic N) is 1. The van der Waals surface area contributed by atoms with Crippen molar-refractivity contribution in [3.8, 4) is 0 Å². The maximum atomic E-state index is 12.0. The maximum Gasteiger partial charge on any atom is 0.317 e. The van der Waals surface area contributed by atoms with Gasteiger partial charge in [-0.3, -0.25) is 0 Å². The van der Waals surface area contributed by atoms with Gasteiger partial charge in [0.1, 0.15) is 5.76 Å². The molecule has 2 heterocycles. The predicted octanol–water partition coefficient (Wildman–Crippen LogP) is 1.31. The molecule has 1 aliphatic rings. The van der Waals surface area contributed by atoms with Gasteiger partial charge in [-0.1, -0.05) is 0 Å². The van der Waals surface area contributed by atoms with Crippen molar-refractivity contribution in [1.82, 2.24) is 10.2 Å². The van der Waals surface area contributed by atoms with Crippen LogP contribution in [-0.2, 0) is 16.4 Å². The fourth-order valence-electron chi connectivity index (χ4n) is 2.32. The first kappa shape index (κ1) is 14.9. The molecule has 112 valence electrons. The van der Waals surface area contributed by atoms with Crippen LogP contribution >= 0.6 is 0 Å². The van der Waals surface area contributed by atoms with Crippen molar-refractivity contribution in [1.29, 1.82) is 0 Å². The van der Waals surface area contributed by atoms with E-state index in [0.29, 0.717) is 19.4 Å². The summed E-state index contributed by atoms with van der Waals surface area (Å²) in [5.74, 6) is 1.05. The summed E-state index contributed by atoms with van der Waals surface area (Å²) >= 11 is 0. The Morgan fingerprint density at radius 3 is 2.90 bits per heavy atom. The Kier molecular flexibility index (Phi) is 4.37. The van der Waals surface area contributed by atoms with Crippen LogP contribution in [-0.4, -0.2) is 43.9 Å². The monoisotopic (exact) mass is 300 g/mol. The second kappa shape index (κ2) is 5.87. The number of carbonyl (C=O) groups is 1. The number of carbonyl (C=O) groups excluding carboxylic acids is 1. The zero-order chi connectivity index (χ0) is 14.8. The van der Waals surface area contributed by atoms with Crippen LogP contribution in [0, 0.1) is 6.92 Å². The van der Waals surface area contributed by atoms with Crippen molar-refractivity contribution < 1.29 is 17.6 Å². The topological polar surface area (TPSA) is 79.6 Å². The van der Waals surface area contributed by atoms with Crippen molar-refractivity contribution in [2.24, 2.45) is 0 Å². The molecule has 20 heavy (non-hydrogen) atoms. The van der Waals surface area contributed by atoms with E-state index < -0.39 is 9.84 Å². The van der Waals surface area contributed by atoms with E-state index in [-0.39, 0.29) is 23.6 Å². The summed E-state index contributed by atoms with van der Waals surface area (Å²) in [4.78, 5) is 13.6. The van der Waals surface area contributed by atoms with Crippen LogP contribution in [0.4, 0.5) is 4.79 Å². The van der Waals surface area contributed by atoms with Crippen LogP contribution in [0.15, 0.2) is 16.7 Å². The van der Waals surface area contributed by atoms with Crippen LogP contribution in [0.5, 0.6) is 0 Å². The van der Waals surface area contributed by atoms with E-state index in [1.165, 1.54) is 4.90 Å². The van der Waals surface area contributed by atoms with Crippen molar-refractivity contribution in [2.45, 2.75) is 32.4 Å². The van der Waals surface area contributed by atoms with Gasteiger partial charge in [-0.15, -0.1) is 0 Å². The standard InChI is InChI=1S/C13H20N2O4S/c1-10-11(5-6-19-10)8-15(2)13(16)14-12-4-3-7-20(17,18)9-12/h5-6,12H,3-4,7-9H2,1-2H3,(H,14,16)/t12-/m0/s1. The molecule has 0 unspecified atom stereocenters. The Labute approximate surface area is 119 Å². The van der Waals surface area contributed by atoms with Gasteiger partial charge in [-0.25, -0.2) is 13.2 Å². The van der Waals surface area contributed by atoms with Crippen LogP contribution in [0.25, 0.3) is 0 Å². The molecule has 0 saturated carbocycles. The first-order valence-electron chi connectivity index (χ1n) is 6.62. The van der Waals surface area contributed by atoms with Crippen molar-refractivity contribution in [3.05, 3.63) is 23.7 Å². The summed E-state index contributed by atoms with van der Waals surface area (Å²) in [6, 6.07) is 1.28. The third-order valence-corrected chi connectivity index (χ3v) is 5.33. The van der Waals surface area contributed by atoms with Gasteiger partial charge in [0.2, 0.25) is 0 Å². The van der Waals surface area contributed by atoms with Crippen molar-refractivity contribution in [2.75, 3.05) is 18.6 Å². The number of nitrogens with one attached hydrogen (secondary N) is 1. The number of amides is 2. The van der Waals surface area contributed by atoms with Crippen LogP contribution in [0.3, 0.4) is 0 Å². The van der Waals surface area contributed by atoms with Gasteiger partial charge in [0.05, 0.1) is 24.3 Å². The Hall–Kier alpha value is -1.50. The zero-order valence-electron chi connectivity index (χ0n) is 11.8. The predicted molar refractivity (Wildman–Crippen MR) is 75.1 cm³/mol. The fourth-order valence-corrected chi connectivity index (χ4v) is 3.96. The molecule has 0 radical (unpaired) electrons. The number of urea groups is 1. The number of aryl methyl sites for hydroxylation is 1. The Bertz CT molecular complexity index is 579. The summed E-state index contributed by atoms with van der Waals surface area (Å²) in [5.41, 5.74) is 0.943. The van der Waals surface area contributed by atoms with Crippen LogP contribution in [0.2, 0.25) is 0 Å². The molecule has 1 N–H and O–H groups in total. The molecule has 1 atom stereocenters. The molecular weight excluding hydrogens is 280 g/mol. The number of sulfone groups is 1. The molecule has 0 spiro atoms. The second-order valence-corrected chi connectivity index (χ2v) is 7.49. The average molecular weight is 300 g/mol. The van der Waals surface area contributed by atoms with E-state index in [1.54, 1.807) is 13.3 Å². The van der Waals surface area contributed by atoms with Gasteiger partial charge < -0.3 is 14.6 Å². The van der Waals surface area contributed by atoms with E-state index in [2.05, 4.69) is 5.32 Å². The minimum atomic E-state index is -3.01. The first-order chi connectivity index (χ1) is 9.37. The van der Waals surface area contributed by atoms with Crippen molar-refractivity contribution >= 4 is 15.9 Å². The third kappa shape index (κ3) is 3.75. The molecule has 6 nitrogen and oxygen atoms in total. The summed E-state index contributed by atoms with van der Waals surface area (Å²) in [5, 5.41) is 2.78. The SMILES string of the molecule is Cc1occc1CN(C)C(=O)N[C@H]1CCCS(=O)(=O)C1. The molecule has 1 aliphatic heterocycles. The Morgan fingerprint density at radius 1 is 1.55 bits per heavy atom. The molecule has 2 rings (SSSR count). The van der Waals surface area contributed by atoms with Gasteiger partial charge in [-0.2, -0.15) is 0 Å². The minimum absolute atomic E-state index is 0.0390. The average Bonchev–Trinajstić information content (AvgIpc) is 2.73. The van der Waals surface area contributed by atoms with Crippen molar-refractivity contribution in [3.63, 3.8) is 0 Å². The molecule has 1 saturated heterocycles. The lowest BCUT2D eigenvalue weighted by atomic mass is 10.2. The van der Waals surface area contributed by atoms with Gasteiger partial charge in [0, 0.05) is 18.7 Å². The third-order valence-electron chi connectivity index (χ3n) is 3.51. The van der Waals surface area contributed by atoms with E-state index >= 15 is 0 Å². The highest BCUT2D eigenvalue weighted by molar-refractivity contribution is 7.91. The summed E-state index contributed by atoms with van der Waals surface area (Å²) in [6.07, 6.45) is 2.91. The van der Waals surface area contributed by atoms with E-state index in [0.717, 1.165) is 11.3 Å². The highest BCUT2D eigenvalue weighted by atomic mass is 32.2. The molecule has 0 aromatic carbocycles. The number of hydrogen-bond acceptors (Lipinski definition) is 4. The Balaban J connectivity index is 1.89. The maximum absolute atomic E-state index is 12.0. The van der Waals surface area contributed by atoms with Gasteiger partial charge in [-0.05, 0) is 25.8 Å². The lowest BCUT2D eigenvalue weighted by Gasteiger charge is -2.26. The molecule has 1 aromatic rings. The lowest BCUT2D eigenvalue weighted by Crippen LogP contribution is -2.47. The van der Waals surface area contributed by atoms with Gasteiger partial charge in [0.25, 0.3) is 0 Å². The molecule has 1 fully saturated rings. The highest BCUT2D eigenvalue weighted by Gasteiger charge is 2.26. The van der Waals surface area contributed by atoms with E-state index in [1.807, 2.05) is 13.0 Å². The normalized spacial score (nSPS) is 21.4. The first-order valence-corrected chi connectivity index (χ1v) is 8.44. The number of rotatable bonds is 3. The second-order valence-electron chi connectivity index (χ2n) is 5.26. The van der Waals surface area contributed by atoms with Crippen LogP contribution < -0.4 is 5.32 Å². The van der Waals surface area contributed by atoms with Crippen LogP contribution in [0.1, 0.15) is 24.2 Å².